The first-order valence-electron chi connectivity index (χ1n) is 3.87. The summed E-state index contributed by atoms with van der Waals surface area (Å²) >= 11 is 0. The molecule has 1 fully saturated rings. The van der Waals surface area contributed by atoms with Crippen LogP contribution in [0.25, 0.3) is 0 Å². The summed E-state index contributed by atoms with van der Waals surface area (Å²) in [6.45, 7) is 2.08. The van der Waals surface area contributed by atoms with Gasteiger partial charge < -0.3 is 5.11 Å². The van der Waals surface area contributed by atoms with E-state index in [1.165, 1.54) is 0 Å². The lowest BCUT2D eigenvalue weighted by atomic mass is 9.94. The molecule has 1 aliphatic rings. The average molecular weight is 138 g/mol. The average Bonchev–Trinajstić information content (AvgIpc) is 2.20. The van der Waals surface area contributed by atoms with Gasteiger partial charge in [-0.15, -0.1) is 12.3 Å². The second-order valence-electron chi connectivity index (χ2n) is 3.17. The lowest BCUT2D eigenvalue weighted by Gasteiger charge is -2.13. The molecule has 0 bridgehead atoms. The van der Waals surface area contributed by atoms with Gasteiger partial charge in [-0.2, -0.15) is 0 Å². The molecule has 0 aromatic heterocycles. The van der Waals surface area contributed by atoms with Crippen molar-refractivity contribution in [1.29, 1.82) is 0 Å². The van der Waals surface area contributed by atoms with Gasteiger partial charge in [-0.25, -0.2) is 0 Å². The monoisotopic (exact) mass is 138 g/mol. The van der Waals surface area contributed by atoms with Gasteiger partial charge >= 0.3 is 0 Å². The Kier molecular flexibility index (Phi) is 2.34. The van der Waals surface area contributed by atoms with Crippen LogP contribution in [0.15, 0.2) is 0 Å². The van der Waals surface area contributed by atoms with Crippen LogP contribution in [0.5, 0.6) is 0 Å². The molecule has 0 heterocycles. The molecule has 1 N–H and O–H groups in total. The highest BCUT2D eigenvalue weighted by atomic mass is 16.3. The number of hydrogen-bond acceptors (Lipinski definition) is 1. The third kappa shape index (κ3) is 1.33. The molecule has 1 nitrogen and oxygen atoms in total. The van der Waals surface area contributed by atoms with Crippen molar-refractivity contribution in [2.45, 2.75) is 32.3 Å². The van der Waals surface area contributed by atoms with Crippen molar-refractivity contribution in [3.63, 3.8) is 0 Å². The van der Waals surface area contributed by atoms with Gasteiger partial charge in [0.2, 0.25) is 0 Å². The third-order valence-electron chi connectivity index (χ3n) is 2.56. The lowest BCUT2D eigenvalue weighted by Crippen LogP contribution is -2.14. The van der Waals surface area contributed by atoms with E-state index in [-0.39, 0.29) is 6.10 Å². The van der Waals surface area contributed by atoms with Gasteiger partial charge in [-0.1, -0.05) is 6.92 Å². The van der Waals surface area contributed by atoms with Gasteiger partial charge in [-0.3, -0.25) is 0 Å². The smallest absolute Gasteiger partial charge is 0.0568 e. The van der Waals surface area contributed by atoms with E-state index >= 15 is 0 Å². The van der Waals surface area contributed by atoms with Crippen molar-refractivity contribution in [2.75, 3.05) is 0 Å². The molecule has 3 unspecified atom stereocenters. The van der Waals surface area contributed by atoms with Crippen LogP contribution in [0.3, 0.4) is 0 Å². The summed E-state index contributed by atoms with van der Waals surface area (Å²) in [7, 11) is 0. The van der Waals surface area contributed by atoms with Crippen LogP contribution in [0.4, 0.5) is 0 Å². The molecule has 10 heavy (non-hydrogen) atoms. The highest BCUT2D eigenvalue weighted by Gasteiger charge is 2.30. The second-order valence-corrected chi connectivity index (χ2v) is 3.17. The fraction of sp³-hybridized carbons (Fsp3) is 0.778. The number of aliphatic hydroxyl groups is 1. The summed E-state index contributed by atoms with van der Waals surface area (Å²) in [4.78, 5) is 0. The van der Waals surface area contributed by atoms with Gasteiger partial charge in [-0.05, 0) is 24.7 Å². The Labute approximate surface area is 62.4 Å². The second kappa shape index (κ2) is 3.07. The van der Waals surface area contributed by atoms with Gasteiger partial charge in [0.15, 0.2) is 0 Å². The van der Waals surface area contributed by atoms with E-state index in [0.29, 0.717) is 11.8 Å². The number of hydrogen-bond donors (Lipinski definition) is 1. The van der Waals surface area contributed by atoms with Crippen molar-refractivity contribution < 1.29 is 5.11 Å². The molecular weight excluding hydrogens is 124 g/mol. The SMILES string of the molecule is C#CCC1CCC(O)C1C. The van der Waals surface area contributed by atoms with E-state index in [2.05, 4.69) is 12.8 Å². The minimum Gasteiger partial charge on any atom is -0.393 e. The maximum Gasteiger partial charge on any atom is 0.0568 e. The topological polar surface area (TPSA) is 20.2 Å². The van der Waals surface area contributed by atoms with Crippen LogP contribution >= 0.6 is 0 Å². The van der Waals surface area contributed by atoms with Gasteiger partial charge in [0.05, 0.1) is 6.10 Å². The molecule has 0 aromatic rings. The van der Waals surface area contributed by atoms with Gasteiger partial charge in [0, 0.05) is 6.42 Å². The minimum atomic E-state index is -0.0988. The Morgan fingerprint density at radius 1 is 1.60 bits per heavy atom. The number of rotatable bonds is 1. The Morgan fingerprint density at radius 3 is 2.70 bits per heavy atom. The Hall–Kier alpha value is -0.480. The molecule has 0 amide bonds. The summed E-state index contributed by atoms with van der Waals surface area (Å²) in [6, 6.07) is 0. The quantitative estimate of drug-likeness (QED) is 0.543. The maximum atomic E-state index is 9.33. The summed E-state index contributed by atoms with van der Waals surface area (Å²) < 4.78 is 0. The van der Waals surface area contributed by atoms with Gasteiger partial charge in [0.1, 0.15) is 0 Å². The zero-order valence-electron chi connectivity index (χ0n) is 6.38. The van der Waals surface area contributed by atoms with Crippen molar-refractivity contribution in [3.8, 4) is 12.3 Å². The largest absolute Gasteiger partial charge is 0.393 e. The molecule has 56 valence electrons. The molecule has 1 aliphatic carbocycles. The first-order chi connectivity index (χ1) is 4.75. The lowest BCUT2D eigenvalue weighted by molar-refractivity contribution is 0.128. The molecule has 1 saturated carbocycles. The summed E-state index contributed by atoms with van der Waals surface area (Å²) in [5.41, 5.74) is 0. The fourth-order valence-corrected chi connectivity index (χ4v) is 1.66. The molecule has 1 heteroatoms. The van der Waals surface area contributed by atoms with E-state index in [1.807, 2.05) is 0 Å². The zero-order chi connectivity index (χ0) is 7.56. The van der Waals surface area contributed by atoms with E-state index < -0.39 is 0 Å². The molecule has 0 radical (unpaired) electrons. The first kappa shape index (κ1) is 7.63. The zero-order valence-corrected chi connectivity index (χ0v) is 6.38. The Morgan fingerprint density at radius 2 is 2.30 bits per heavy atom. The molecule has 3 atom stereocenters. The molecule has 0 aromatic carbocycles. The Bertz CT molecular complexity index is 145. The summed E-state index contributed by atoms with van der Waals surface area (Å²) in [5.74, 6) is 3.63. The van der Waals surface area contributed by atoms with Crippen molar-refractivity contribution in [2.24, 2.45) is 11.8 Å². The van der Waals surface area contributed by atoms with Crippen LogP contribution < -0.4 is 0 Å². The molecule has 1 rings (SSSR count). The molecular formula is C9H14O. The highest BCUT2D eigenvalue weighted by Crippen LogP contribution is 2.33. The van der Waals surface area contributed by atoms with Crippen LogP contribution in [0.1, 0.15) is 26.2 Å². The third-order valence-corrected chi connectivity index (χ3v) is 2.56. The first-order valence-corrected chi connectivity index (χ1v) is 3.87. The van der Waals surface area contributed by atoms with Crippen LogP contribution in [-0.2, 0) is 0 Å². The van der Waals surface area contributed by atoms with E-state index in [4.69, 9.17) is 6.42 Å². The summed E-state index contributed by atoms with van der Waals surface area (Å²) in [6.07, 6.45) is 7.96. The van der Waals surface area contributed by atoms with Crippen LogP contribution in [0, 0.1) is 24.2 Å². The normalized spacial score (nSPS) is 39.5. The summed E-state index contributed by atoms with van der Waals surface area (Å²) in [5, 5.41) is 9.33. The van der Waals surface area contributed by atoms with E-state index in [0.717, 1.165) is 19.3 Å². The highest BCUT2D eigenvalue weighted by molar-refractivity contribution is 4.92. The molecule has 0 saturated heterocycles. The van der Waals surface area contributed by atoms with E-state index in [9.17, 15) is 5.11 Å². The predicted octanol–water partition coefficient (Wildman–Crippen LogP) is 1.42. The van der Waals surface area contributed by atoms with Crippen molar-refractivity contribution >= 4 is 0 Å². The Balaban J connectivity index is 2.43. The minimum absolute atomic E-state index is 0.0988. The fourth-order valence-electron chi connectivity index (χ4n) is 1.66. The van der Waals surface area contributed by atoms with Crippen LogP contribution in [0.2, 0.25) is 0 Å². The van der Waals surface area contributed by atoms with Crippen molar-refractivity contribution in [3.05, 3.63) is 0 Å². The van der Waals surface area contributed by atoms with Crippen molar-refractivity contribution in [1.82, 2.24) is 0 Å². The number of terminal acetylenes is 1. The van der Waals surface area contributed by atoms with Crippen LogP contribution in [-0.4, -0.2) is 11.2 Å². The van der Waals surface area contributed by atoms with Gasteiger partial charge in [0.25, 0.3) is 0 Å². The molecule has 0 spiro atoms. The number of aliphatic hydroxyl groups excluding tert-OH is 1. The maximum absolute atomic E-state index is 9.33. The predicted molar refractivity (Wildman–Crippen MR) is 41.3 cm³/mol. The van der Waals surface area contributed by atoms with E-state index in [1.54, 1.807) is 0 Å². The molecule has 0 aliphatic heterocycles. The standard InChI is InChI=1S/C9H14O/c1-3-4-8-5-6-9(10)7(8)2/h1,7-10H,4-6H2,2H3.